The Morgan fingerprint density at radius 2 is 1.10 bits per heavy atom. The van der Waals surface area contributed by atoms with E-state index in [1.165, 1.54) is 12.1 Å². The van der Waals surface area contributed by atoms with Crippen molar-refractivity contribution < 1.29 is 89.1 Å². The van der Waals surface area contributed by atoms with E-state index in [1.54, 1.807) is 26.0 Å². The molecular weight excluding hydrogens is 418 g/mol. The predicted molar refractivity (Wildman–Crippen MR) is 102 cm³/mol. The van der Waals surface area contributed by atoms with Crippen LogP contribution in [0.5, 0.6) is 11.5 Å². The number of aromatic hydroxyl groups is 2. The number of rotatable bonds is 5. The summed E-state index contributed by atoms with van der Waals surface area (Å²) in [5.74, 6) is -4.34. The summed E-state index contributed by atoms with van der Waals surface area (Å²) >= 11 is 0. The van der Waals surface area contributed by atoms with E-state index in [1.807, 2.05) is 30.3 Å². The molecule has 3 rings (SSSR count). The molecule has 0 saturated carbocycles. The number of aryl methyl sites for hydroxylation is 2. The summed E-state index contributed by atoms with van der Waals surface area (Å²) in [6.45, 7) is 3.14. The van der Waals surface area contributed by atoms with Crippen LogP contribution in [0.15, 0.2) is 54.6 Å². The average molecular weight is 436 g/mol. The first kappa shape index (κ1) is 27.2. The second-order valence-corrected chi connectivity index (χ2v) is 6.89. The summed E-state index contributed by atoms with van der Waals surface area (Å²) in [5.41, 5.74) is 1.82. The van der Waals surface area contributed by atoms with Gasteiger partial charge in [-0.1, -0.05) is 42.5 Å². The maximum atomic E-state index is 11.5. The molecular formula is C23H18Na2O6. The molecule has 0 atom stereocenters. The third-order valence-corrected chi connectivity index (χ3v) is 4.89. The van der Waals surface area contributed by atoms with E-state index in [0.717, 1.165) is 5.56 Å². The molecule has 0 aliphatic carbocycles. The van der Waals surface area contributed by atoms with Crippen LogP contribution in [0.2, 0.25) is 0 Å². The minimum Gasteiger partial charge on any atom is -0.545 e. The molecule has 0 unspecified atom stereocenters. The number of carboxylic acids is 2. The topological polar surface area (TPSA) is 121 Å². The van der Waals surface area contributed by atoms with Crippen molar-refractivity contribution in [2.24, 2.45) is 0 Å². The van der Waals surface area contributed by atoms with Crippen molar-refractivity contribution in [3.8, 4) is 11.5 Å². The molecule has 0 fully saturated rings. The van der Waals surface area contributed by atoms with E-state index in [2.05, 4.69) is 0 Å². The summed E-state index contributed by atoms with van der Waals surface area (Å²) in [6.07, 6.45) is 0. The molecule has 6 nitrogen and oxygen atoms in total. The van der Waals surface area contributed by atoms with Gasteiger partial charge < -0.3 is 30.0 Å². The molecule has 0 aliphatic heterocycles. The van der Waals surface area contributed by atoms with Crippen LogP contribution in [0.1, 0.15) is 54.5 Å². The van der Waals surface area contributed by atoms with Crippen LogP contribution in [0, 0.1) is 13.8 Å². The Morgan fingerprint density at radius 3 is 1.45 bits per heavy atom. The zero-order valence-electron chi connectivity index (χ0n) is 17.8. The van der Waals surface area contributed by atoms with E-state index in [0.29, 0.717) is 22.3 Å². The molecule has 0 radical (unpaired) electrons. The second-order valence-electron chi connectivity index (χ2n) is 6.89. The number of carbonyl (C=O) groups is 2. The smallest absolute Gasteiger partial charge is 0.545 e. The van der Waals surface area contributed by atoms with E-state index in [9.17, 15) is 30.0 Å². The first-order chi connectivity index (χ1) is 13.7. The minimum atomic E-state index is -1.52. The van der Waals surface area contributed by atoms with Crippen molar-refractivity contribution in [1.82, 2.24) is 0 Å². The summed E-state index contributed by atoms with van der Waals surface area (Å²) < 4.78 is 0. The summed E-state index contributed by atoms with van der Waals surface area (Å²) in [7, 11) is 0. The van der Waals surface area contributed by atoms with Crippen molar-refractivity contribution >= 4 is 11.9 Å². The Balaban J connectivity index is 0.00000240. The quantitative estimate of drug-likeness (QED) is 0.308. The molecule has 0 spiro atoms. The fourth-order valence-corrected chi connectivity index (χ4v) is 3.48. The van der Waals surface area contributed by atoms with Crippen LogP contribution in [0.4, 0.5) is 0 Å². The number of carboxylic acid groups (broad SMARTS) is 2. The van der Waals surface area contributed by atoms with Gasteiger partial charge in [0, 0.05) is 17.0 Å². The first-order valence-corrected chi connectivity index (χ1v) is 8.85. The van der Waals surface area contributed by atoms with Crippen molar-refractivity contribution in [3.63, 3.8) is 0 Å². The zero-order valence-corrected chi connectivity index (χ0v) is 21.8. The van der Waals surface area contributed by atoms with Gasteiger partial charge in [0.2, 0.25) is 0 Å². The average Bonchev–Trinajstić information content (AvgIpc) is 2.67. The Labute approximate surface area is 224 Å². The zero-order chi connectivity index (χ0) is 21.3. The van der Waals surface area contributed by atoms with E-state index >= 15 is 0 Å². The van der Waals surface area contributed by atoms with Gasteiger partial charge in [-0.15, -0.1) is 0 Å². The number of hydrogen-bond acceptors (Lipinski definition) is 6. The fourth-order valence-electron chi connectivity index (χ4n) is 3.48. The third-order valence-electron chi connectivity index (χ3n) is 4.89. The summed E-state index contributed by atoms with van der Waals surface area (Å²) in [4.78, 5) is 22.9. The van der Waals surface area contributed by atoms with Crippen LogP contribution in [0.3, 0.4) is 0 Å². The van der Waals surface area contributed by atoms with Gasteiger partial charge in [0.1, 0.15) is 11.5 Å². The van der Waals surface area contributed by atoms with Gasteiger partial charge in [0.15, 0.2) is 0 Å². The monoisotopic (exact) mass is 436 g/mol. The molecule has 31 heavy (non-hydrogen) atoms. The third kappa shape index (κ3) is 5.71. The van der Waals surface area contributed by atoms with Gasteiger partial charge in [-0.25, -0.2) is 0 Å². The number of hydrogen-bond donors (Lipinski definition) is 2. The largest absolute Gasteiger partial charge is 1.00 e. The summed E-state index contributed by atoms with van der Waals surface area (Å²) in [6, 6.07) is 15.0. The van der Waals surface area contributed by atoms with Crippen LogP contribution in [-0.4, -0.2) is 22.2 Å². The molecule has 0 aliphatic rings. The van der Waals surface area contributed by atoms with Gasteiger partial charge in [-0.05, 0) is 53.8 Å². The number of aromatic carboxylic acids is 2. The normalized spacial score (nSPS) is 10.2. The van der Waals surface area contributed by atoms with Gasteiger partial charge >= 0.3 is 59.1 Å². The fraction of sp³-hybridized carbons (Fsp3) is 0.130. The first-order valence-electron chi connectivity index (χ1n) is 8.85. The van der Waals surface area contributed by atoms with Crippen LogP contribution in [-0.2, 0) is 0 Å². The van der Waals surface area contributed by atoms with Crippen LogP contribution >= 0.6 is 0 Å². The molecule has 8 heteroatoms. The van der Waals surface area contributed by atoms with Crippen LogP contribution in [0.25, 0.3) is 0 Å². The minimum absolute atomic E-state index is 0. The molecule has 0 aromatic heterocycles. The number of carbonyl (C=O) groups excluding carboxylic acids is 2. The van der Waals surface area contributed by atoms with Gasteiger partial charge in [-0.2, -0.15) is 0 Å². The van der Waals surface area contributed by atoms with Crippen molar-refractivity contribution in [1.29, 1.82) is 0 Å². The molecule has 0 bridgehead atoms. The van der Waals surface area contributed by atoms with Gasteiger partial charge in [0.05, 0.1) is 11.9 Å². The number of benzene rings is 3. The van der Waals surface area contributed by atoms with E-state index in [4.69, 9.17) is 0 Å². The maximum absolute atomic E-state index is 11.5. The Hall–Kier alpha value is -1.80. The Bertz CT molecular complexity index is 1040. The molecule has 3 aromatic carbocycles. The summed E-state index contributed by atoms with van der Waals surface area (Å²) in [5, 5.41) is 43.1. The SMILES string of the molecule is Cc1cc(C(c2ccccc2)c2cc(C)c(O)c(C(=O)[O-])c2)cc(C(=O)[O-])c1O.[Na+].[Na+]. The van der Waals surface area contributed by atoms with Gasteiger partial charge in [-0.3, -0.25) is 0 Å². The standard InChI is InChI=1S/C23H20O6.2Na/c1-12-8-15(10-17(20(12)24)22(26)27)19(14-6-4-3-5-7-14)16-9-13(2)21(25)18(11-16)23(28)29;;/h3-11,19,24-25H,1-2H3,(H,26,27)(H,28,29);;/q;2*+1/p-2. The van der Waals surface area contributed by atoms with Crippen molar-refractivity contribution in [2.45, 2.75) is 19.8 Å². The Kier molecular flexibility index (Phi) is 9.82. The second kappa shape index (κ2) is 11.2. The molecule has 0 saturated heterocycles. The van der Waals surface area contributed by atoms with E-state index in [-0.39, 0.29) is 81.7 Å². The maximum Gasteiger partial charge on any atom is 1.00 e. The number of phenols is 2. The van der Waals surface area contributed by atoms with Gasteiger partial charge in [0.25, 0.3) is 0 Å². The molecule has 0 heterocycles. The molecule has 148 valence electrons. The van der Waals surface area contributed by atoms with E-state index < -0.39 is 17.9 Å². The van der Waals surface area contributed by atoms with Crippen molar-refractivity contribution in [3.05, 3.63) is 93.5 Å². The molecule has 2 N–H and O–H groups in total. The van der Waals surface area contributed by atoms with Crippen LogP contribution < -0.4 is 69.3 Å². The predicted octanol–water partition coefficient (Wildman–Crippen LogP) is -4.37. The molecule has 0 amide bonds. The molecule has 3 aromatic rings. The Morgan fingerprint density at radius 1 is 0.710 bits per heavy atom. The van der Waals surface area contributed by atoms with Crippen molar-refractivity contribution in [2.75, 3.05) is 0 Å².